The van der Waals surface area contributed by atoms with Gasteiger partial charge in [-0.25, -0.2) is 4.79 Å². The van der Waals surface area contributed by atoms with Crippen molar-refractivity contribution in [2.75, 3.05) is 11.5 Å². The molecule has 2 aromatic carbocycles. The summed E-state index contributed by atoms with van der Waals surface area (Å²) in [4.78, 5) is 63.5. The number of fused-ring (bicyclic) bond motifs is 5. The molecule has 11 heteroatoms. The molecule has 9 nitrogen and oxygen atoms in total. The molecule has 0 unspecified atom stereocenters. The maximum atomic E-state index is 13.1. The summed E-state index contributed by atoms with van der Waals surface area (Å²) in [5.41, 5.74) is 5.21. The number of carbonyl (C=O) groups is 5. The topological polar surface area (TPSA) is 122 Å². The number of esters is 1. The lowest BCUT2D eigenvalue weighted by molar-refractivity contribution is -0.125. The molecule has 1 heterocycles. The van der Waals surface area contributed by atoms with Gasteiger partial charge in [0.05, 0.1) is 33.8 Å². The van der Waals surface area contributed by atoms with Gasteiger partial charge in [0.15, 0.2) is 6.61 Å². The molecule has 6 atom stereocenters. The molecule has 1 aliphatic heterocycles. The Labute approximate surface area is 216 Å². The minimum Gasteiger partial charge on any atom is -0.452 e. The zero-order valence-electron chi connectivity index (χ0n) is 18.7. The van der Waals surface area contributed by atoms with Gasteiger partial charge in [-0.1, -0.05) is 18.2 Å². The molecule has 4 amide bonds. The molecule has 0 radical (unpaired) electrons. The van der Waals surface area contributed by atoms with Gasteiger partial charge in [-0.3, -0.25) is 34.9 Å². The van der Waals surface area contributed by atoms with Gasteiger partial charge in [-0.2, -0.15) is 0 Å². The Bertz CT molecular complexity index is 1210. The Balaban J connectivity index is 1.16. The number of imide groups is 1. The lowest BCUT2D eigenvalue weighted by atomic mass is 9.80. The molecule has 2 aromatic rings. The number of rotatable bonds is 5. The minimum absolute atomic E-state index is 0.122. The molecule has 3 aliphatic rings. The van der Waals surface area contributed by atoms with E-state index in [0.29, 0.717) is 17.7 Å². The number of nitrogens with zero attached hydrogens (tertiary/aromatic N) is 1. The maximum Gasteiger partial charge on any atom is 0.338 e. The molecule has 36 heavy (non-hydrogen) atoms. The molecule has 3 fully saturated rings. The van der Waals surface area contributed by atoms with Crippen molar-refractivity contribution >= 4 is 58.5 Å². The molecule has 2 bridgehead atoms. The standard InChI is InChI=1S/C25H21Cl2N3O6/c26-20-15-10-16(21(20)27)19-18(15)23(33)30(24(19)34)14-8-6-13(7-9-14)25(35)36-11-17(31)28-29-22(32)12-4-2-1-3-5-12/h1-9,15-16,18-21H,10-11H2,(H,28,31)(H,29,32)/t15-,16-,18-,19-,20-,21+/m1/s1. The van der Waals surface area contributed by atoms with Crippen LogP contribution in [-0.4, -0.2) is 47.0 Å². The van der Waals surface area contributed by atoms with Crippen LogP contribution in [-0.2, 0) is 19.1 Å². The number of halogens is 2. The highest BCUT2D eigenvalue weighted by atomic mass is 35.5. The van der Waals surface area contributed by atoms with Crippen LogP contribution in [0.15, 0.2) is 54.6 Å². The van der Waals surface area contributed by atoms with Crippen molar-refractivity contribution in [2.45, 2.75) is 17.2 Å². The number of anilines is 1. The fourth-order valence-corrected chi connectivity index (χ4v) is 6.28. The second-order valence-corrected chi connectivity index (χ2v) is 10.0. The third-order valence-electron chi connectivity index (χ3n) is 7.03. The lowest BCUT2D eigenvalue weighted by Gasteiger charge is -2.28. The first-order valence-electron chi connectivity index (χ1n) is 11.4. The number of hydrazine groups is 1. The maximum absolute atomic E-state index is 13.1. The molecule has 2 aliphatic carbocycles. The number of nitrogens with one attached hydrogen (secondary N) is 2. The van der Waals surface area contributed by atoms with Crippen molar-refractivity contribution in [1.29, 1.82) is 0 Å². The summed E-state index contributed by atoms with van der Waals surface area (Å²) in [5.74, 6) is -3.79. The quantitative estimate of drug-likeness (QED) is 0.265. The molecule has 1 saturated heterocycles. The average molecular weight is 530 g/mol. The molecular weight excluding hydrogens is 509 g/mol. The lowest BCUT2D eigenvalue weighted by Crippen LogP contribution is -2.43. The van der Waals surface area contributed by atoms with Gasteiger partial charge < -0.3 is 4.74 Å². The Morgan fingerprint density at radius 3 is 2.00 bits per heavy atom. The van der Waals surface area contributed by atoms with E-state index >= 15 is 0 Å². The van der Waals surface area contributed by atoms with E-state index in [-0.39, 0.29) is 40.0 Å². The van der Waals surface area contributed by atoms with E-state index in [0.717, 1.165) is 4.90 Å². The summed E-state index contributed by atoms with van der Waals surface area (Å²) < 4.78 is 4.98. The first-order chi connectivity index (χ1) is 17.3. The summed E-state index contributed by atoms with van der Waals surface area (Å²) in [6.45, 7) is -0.621. The van der Waals surface area contributed by atoms with Gasteiger partial charge in [-0.05, 0) is 54.7 Å². The smallest absolute Gasteiger partial charge is 0.338 e. The first kappa shape index (κ1) is 24.3. The van der Waals surface area contributed by atoms with Crippen LogP contribution in [0.4, 0.5) is 5.69 Å². The number of carbonyl (C=O) groups excluding carboxylic acids is 5. The Hall–Kier alpha value is -3.43. The van der Waals surface area contributed by atoms with E-state index in [1.807, 2.05) is 0 Å². The summed E-state index contributed by atoms with van der Waals surface area (Å²) in [6, 6.07) is 14.0. The van der Waals surface area contributed by atoms with Crippen LogP contribution in [0.25, 0.3) is 0 Å². The number of hydrogen-bond acceptors (Lipinski definition) is 6. The van der Waals surface area contributed by atoms with Crippen molar-refractivity contribution in [3.63, 3.8) is 0 Å². The molecule has 0 aromatic heterocycles. The molecule has 186 valence electrons. The summed E-state index contributed by atoms with van der Waals surface area (Å²) >= 11 is 12.8. The molecule has 2 saturated carbocycles. The fourth-order valence-electron chi connectivity index (χ4n) is 5.39. The predicted molar refractivity (Wildman–Crippen MR) is 129 cm³/mol. The van der Waals surface area contributed by atoms with Crippen molar-refractivity contribution < 1.29 is 28.7 Å². The van der Waals surface area contributed by atoms with Crippen molar-refractivity contribution in [1.82, 2.24) is 10.9 Å². The predicted octanol–water partition coefficient (Wildman–Crippen LogP) is 2.27. The first-order valence-corrected chi connectivity index (χ1v) is 12.2. The Morgan fingerprint density at radius 1 is 0.833 bits per heavy atom. The van der Waals surface area contributed by atoms with E-state index in [4.69, 9.17) is 27.9 Å². The third kappa shape index (κ3) is 4.12. The SMILES string of the molecule is O=C(COC(=O)c1ccc(N2C(=O)[C@@H]3[C@H]4C[C@@H]([C@@H](Cl)[C@H]4Cl)[C@H]3C2=O)cc1)NNC(=O)c1ccccc1. The van der Waals surface area contributed by atoms with Crippen LogP contribution in [0.2, 0.25) is 0 Å². The highest BCUT2D eigenvalue weighted by Gasteiger charge is 2.66. The number of hydrogen-bond donors (Lipinski definition) is 2. The van der Waals surface area contributed by atoms with Crippen molar-refractivity contribution in [2.24, 2.45) is 23.7 Å². The van der Waals surface area contributed by atoms with Crippen LogP contribution in [0, 0.1) is 23.7 Å². The number of alkyl halides is 2. The third-order valence-corrected chi connectivity index (χ3v) is 8.35. The average Bonchev–Trinajstić information content (AvgIpc) is 3.51. The van der Waals surface area contributed by atoms with Gasteiger partial charge in [-0.15, -0.1) is 23.2 Å². The van der Waals surface area contributed by atoms with Crippen LogP contribution in [0.3, 0.4) is 0 Å². The highest BCUT2D eigenvalue weighted by molar-refractivity contribution is 6.32. The Kier molecular flexibility index (Phi) is 6.44. The van der Waals surface area contributed by atoms with Crippen molar-refractivity contribution in [3.05, 3.63) is 65.7 Å². The summed E-state index contributed by atoms with van der Waals surface area (Å²) in [6.07, 6.45) is 0.678. The van der Waals surface area contributed by atoms with Crippen LogP contribution in [0.5, 0.6) is 0 Å². The number of ether oxygens (including phenoxy) is 1. The van der Waals surface area contributed by atoms with Crippen molar-refractivity contribution in [3.8, 4) is 0 Å². The van der Waals surface area contributed by atoms with E-state index in [1.54, 1.807) is 30.3 Å². The Morgan fingerprint density at radius 2 is 1.42 bits per heavy atom. The van der Waals surface area contributed by atoms with Gasteiger partial charge in [0.25, 0.3) is 11.8 Å². The van der Waals surface area contributed by atoms with Gasteiger partial charge in [0, 0.05) is 5.56 Å². The van der Waals surface area contributed by atoms with Gasteiger partial charge >= 0.3 is 5.97 Å². The van der Waals surface area contributed by atoms with E-state index in [9.17, 15) is 24.0 Å². The normalized spacial score (nSPS) is 28.1. The summed E-state index contributed by atoms with van der Waals surface area (Å²) in [5, 5.41) is -0.675. The zero-order valence-corrected chi connectivity index (χ0v) is 20.2. The number of amides is 4. The zero-order chi connectivity index (χ0) is 25.6. The van der Waals surface area contributed by atoms with E-state index in [2.05, 4.69) is 10.9 Å². The van der Waals surface area contributed by atoms with Crippen LogP contribution >= 0.6 is 23.2 Å². The van der Waals surface area contributed by atoms with Gasteiger partial charge in [0.1, 0.15) is 0 Å². The molecular formula is C25H21Cl2N3O6. The second-order valence-electron chi connectivity index (χ2n) is 9.01. The minimum atomic E-state index is -0.782. The van der Waals surface area contributed by atoms with Gasteiger partial charge in [0.2, 0.25) is 11.8 Å². The highest BCUT2D eigenvalue weighted by Crippen LogP contribution is 2.59. The monoisotopic (exact) mass is 529 g/mol. The largest absolute Gasteiger partial charge is 0.452 e. The molecule has 0 spiro atoms. The van der Waals surface area contributed by atoms with Crippen LogP contribution in [0.1, 0.15) is 27.1 Å². The number of benzene rings is 2. The second kappa shape index (κ2) is 9.55. The fraction of sp³-hybridized carbons (Fsp3) is 0.320. The molecule has 2 N–H and O–H groups in total. The van der Waals surface area contributed by atoms with E-state index < -0.39 is 36.2 Å². The van der Waals surface area contributed by atoms with E-state index in [1.165, 1.54) is 24.3 Å². The summed E-state index contributed by atoms with van der Waals surface area (Å²) in [7, 11) is 0. The molecule has 5 rings (SSSR count). The van der Waals surface area contributed by atoms with Crippen LogP contribution < -0.4 is 15.8 Å².